The third-order valence-electron chi connectivity index (χ3n) is 7.88. The minimum absolute atomic E-state index is 0.162. The van der Waals surface area contributed by atoms with Gasteiger partial charge in [0.05, 0.1) is 16.3 Å². The van der Waals surface area contributed by atoms with Crippen molar-refractivity contribution >= 4 is 38.2 Å². The van der Waals surface area contributed by atoms with E-state index in [1.54, 1.807) is 18.2 Å². The minimum atomic E-state index is -3.60. The fourth-order valence-corrected chi connectivity index (χ4v) is 6.38. The number of alkyl halides is 2. The Hall–Kier alpha value is -3.57. The first-order valence-corrected chi connectivity index (χ1v) is 15.9. The lowest BCUT2D eigenvalue weighted by molar-refractivity contribution is -0.0363. The third-order valence-corrected chi connectivity index (χ3v) is 9.02. The second kappa shape index (κ2) is 11.4. The summed E-state index contributed by atoms with van der Waals surface area (Å²) >= 11 is 0. The maximum atomic E-state index is 14.3. The van der Waals surface area contributed by atoms with Crippen LogP contribution in [-0.2, 0) is 21.1 Å². The van der Waals surface area contributed by atoms with Crippen LogP contribution < -0.4 is 10.6 Å². The van der Waals surface area contributed by atoms with Crippen LogP contribution in [0.3, 0.4) is 0 Å². The Morgan fingerprint density at radius 2 is 1.80 bits per heavy atom. The second-order valence-corrected chi connectivity index (χ2v) is 12.8. The van der Waals surface area contributed by atoms with E-state index in [0.29, 0.717) is 42.7 Å². The Balaban J connectivity index is 1.47. The Labute approximate surface area is 238 Å². The molecule has 41 heavy (non-hydrogen) atoms. The summed E-state index contributed by atoms with van der Waals surface area (Å²) in [7, 11) is -3.60. The van der Waals surface area contributed by atoms with Gasteiger partial charge in [-0.1, -0.05) is 42.8 Å². The lowest BCUT2D eigenvalue weighted by atomic mass is 9.80. The zero-order valence-electron chi connectivity index (χ0n) is 22.8. The molecule has 6 rings (SSSR count). The standard InChI is InChI=1S/C30H33F2N5O3S/c1-41(38,39)24-16-21(20-10-7-11-20)13-14-22(24)34-23-17-25(33-18-19-8-3-2-4-9-19)35-29-27(23)36-30(28(31)32)37(29)26-12-5-6-15-40-26/h2-4,8-9,13-14,16-17,20,26,28H,5-7,10-12,15,18H2,1H3,(H2,33,34,35). The first kappa shape index (κ1) is 27.6. The van der Waals surface area contributed by atoms with Crippen LogP contribution in [0.1, 0.15) is 74.0 Å². The number of hydrogen-bond acceptors (Lipinski definition) is 7. The van der Waals surface area contributed by atoms with Crippen LogP contribution in [0, 0.1) is 0 Å². The van der Waals surface area contributed by atoms with Gasteiger partial charge in [0.1, 0.15) is 17.6 Å². The number of rotatable bonds is 9. The second-order valence-electron chi connectivity index (χ2n) is 10.8. The number of fused-ring (bicyclic) bond motifs is 1. The molecular weight excluding hydrogens is 548 g/mol. The highest BCUT2D eigenvalue weighted by molar-refractivity contribution is 7.90. The summed E-state index contributed by atoms with van der Waals surface area (Å²) in [5, 5.41) is 6.52. The van der Waals surface area contributed by atoms with Crippen molar-refractivity contribution in [2.24, 2.45) is 0 Å². The van der Waals surface area contributed by atoms with Crippen molar-refractivity contribution in [1.29, 1.82) is 0 Å². The number of pyridine rings is 1. The van der Waals surface area contributed by atoms with E-state index in [2.05, 4.69) is 15.6 Å². The van der Waals surface area contributed by atoms with Gasteiger partial charge in [0.25, 0.3) is 6.43 Å². The van der Waals surface area contributed by atoms with Crippen molar-refractivity contribution in [2.45, 2.75) is 68.5 Å². The van der Waals surface area contributed by atoms with Gasteiger partial charge in [-0.3, -0.25) is 4.57 Å². The molecule has 2 aromatic heterocycles. The Morgan fingerprint density at radius 1 is 1.00 bits per heavy atom. The molecule has 216 valence electrons. The molecule has 2 N–H and O–H groups in total. The normalized spacial score (nSPS) is 18.0. The predicted molar refractivity (Wildman–Crippen MR) is 155 cm³/mol. The van der Waals surface area contributed by atoms with E-state index in [-0.39, 0.29) is 16.1 Å². The smallest absolute Gasteiger partial charge is 0.295 e. The first-order valence-electron chi connectivity index (χ1n) is 14.0. The van der Waals surface area contributed by atoms with E-state index in [0.717, 1.165) is 43.2 Å². The molecule has 2 aliphatic rings. The van der Waals surface area contributed by atoms with Crippen molar-refractivity contribution in [3.05, 3.63) is 71.5 Å². The fourth-order valence-electron chi connectivity index (χ4n) is 5.51. The van der Waals surface area contributed by atoms with Gasteiger partial charge in [-0.2, -0.15) is 0 Å². The molecule has 1 unspecified atom stereocenters. The Kier molecular flexibility index (Phi) is 7.65. The Bertz CT molecular complexity index is 1650. The molecule has 0 amide bonds. The van der Waals surface area contributed by atoms with Crippen LogP contribution >= 0.6 is 0 Å². The highest BCUT2D eigenvalue weighted by Crippen LogP contribution is 2.40. The van der Waals surface area contributed by atoms with Gasteiger partial charge in [0.15, 0.2) is 21.3 Å². The molecule has 2 aromatic carbocycles. The summed E-state index contributed by atoms with van der Waals surface area (Å²) in [6.07, 6.45) is 3.19. The van der Waals surface area contributed by atoms with Crippen LogP contribution in [0.15, 0.2) is 59.5 Å². The number of sulfone groups is 1. The maximum Gasteiger partial charge on any atom is 0.295 e. The van der Waals surface area contributed by atoms with Gasteiger partial charge in [0, 0.05) is 25.5 Å². The van der Waals surface area contributed by atoms with Crippen molar-refractivity contribution in [1.82, 2.24) is 14.5 Å². The van der Waals surface area contributed by atoms with Crippen molar-refractivity contribution < 1.29 is 21.9 Å². The van der Waals surface area contributed by atoms with E-state index in [4.69, 9.17) is 9.72 Å². The Morgan fingerprint density at radius 3 is 2.46 bits per heavy atom. The highest BCUT2D eigenvalue weighted by atomic mass is 32.2. The molecule has 0 bridgehead atoms. The summed E-state index contributed by atoms with van der Waals surface area (Å²) in [5.41, 5.74) is 3.22. The van der Waals surface area contributed by atoms with E-state index in [9.17, 15) is 17.2 Å². The molecule has 1 aliphatic heterocycles. The van der Waals surface area contributed by atoms with Gasteiger partial charge in [0.2, 0.25) is 0 Å². The van der Waals surface area contributed by atoms with Crippen LogP contribution in [0.5, 0.6) is 0 Å². The van der Waals surface area contributed by atoms with Gasteiger partial charge in [-0.05, 0) is 61.3 Å². The van der Waals surface area contributed by atoms with E-state index in [1.165, 1.54) is 10.8 Å². The number of benzene rings is 2. The van der Waals surface area contributed by atoms with E-state index >= 15 is 0 Å². The molecule has 4 aromatic rings. The van der Waals surface area contributed by atoms with Crippen molar-refractivity contribution in [3.63, 3.8) is 0 Å². The molecule has 11 heteroatoms. The lowest BCUT2D eigenvalue weighted by Crippen LogP contribution is -2.20. The van der Waals surface area contributed by atoms with Crippen molar-refractivity contribution in [3.8, 4) is 0 Å². The number of nitrogens with one attached hydrogen (secondary N) is 2. The van der Waals surface area contributed by atoms with Crippen LogP contribution in [0.4, 0.5) is 26.0 Å². The average Bonchev–Trinajstić information content (AvgIpc) is 3.32. The number of imidazole rings is 1. The molecule has 0 radical (unpaired) electrons. The largest absolute Gasteiger partial charge is 0.366 e. The fraction of sp³-hybridized carbons (Fsp3) is 0.400. The van der Waals surface area contributed by atoms with Crippen LogP contribution in [0.2, 0.25) is 0 Å². The lowest BCUT2D eigenvalue weighted by Gasteiger charge is -2.26. The molecule has 0 spiro atoms. The molecule has 1 aliphatic carbocycles. The predicted octanol–water partition coefficient (Wildman–Crippen LogP) is 7.09. The zero-order chi connectivity index (χ0) is 28.6. The molecular formula is C30H33F2N5O3S. The summed E-state index contributed by atoms with van der Waals surface area (Å²) < 4.78 is 61.7. The first-order chi connectivity index (χ1) is 19.8. The number of ether oxygens (including phenoxy) is 1. The number of nitrogens with zero attached hydrogens (tertiary/aromatic N) is 3. The quantitative estimate of drug-likeness (QED) is 0.218. The maximum absolute atomic E-state index is 14.3. The average molecular weight is 582 g/mol. The number of aromatic nitrogens is 3. The van der Waals surface area contributed by atoms with E-state index < -0.39 is 28.3 Å². The molecule has 8 nitrogen and oxygen atoms in total. The molecule has 1 saturated heterocycles. The summed E-state index contributed by atoms with van der Waals surface area (Å²) in [6, 6.07) is 16.9. The van der Waals surface area contributed by atoms with Crippen LogP contribution in [0.25, 0.3) is 11.2 Å². The molecule has 2 fully saturated rings. The number of hydrogen-bond donors (Lipinski definition) is 2. The highest BCUT2D eigenvalue weighted by Gasteiger charge is 2.29. The zero-order valence-corrected chi connectivity index (χ0v) is 23.6. The monoisotopic (exact) mass is 581 g/mol. The number of halogens is 2. The SMILES string of the molecule is CS(=O)(=O)c1cc(C2CCC2)ccc1Nc1cc(NCc2ccccc2)nc2c1nc(C(F)F)n2C1CCCCO1. The van der Waals surface area contributed by atoms with Gasteiger partial charge < -0.3 is 15.4 Å². The van der Waals surface area contributed by atoms with E-state index in [1.807, 2.05) is 36.4 Å². The van der Waals surface area contributed by atoms with Gasteiger partial charge in [-0.25, -0.2) is 27.2 Å². The summed E-state index contributed by atoms with van der Waals surface area (Å²) in [6.45, 7) is 0.925. The minimum Gasteiger partial charge on any atom is -0.366 e. The molecule has 1 saturated carbocycles. The molecule has 3 heterocycles. The molecule has 1 atom stereocenters. The topological polar surface area (TPSA) is 98.1 Å². The summed E-state index contributed by atoms with van der Waals surface area (Å²) in [4.78, 5) is 9.21. The third kappa shape index (κ3) is 5.78. The number of anilines is 3. The van der Waals surface area contributed by atoms with Gasteiger partial charge in [-0.15, -0.1) is 0 Å². The van der Waals surface area contributed by atoms with Crippen LogP contribution in [-0.4, -0.2) is 35.8 Å². The van der Waals surface area contributed by atoms with Gasteiger partial charge >= 0.3 is 0 Å². The summed E-state index contributed by atoms with van der Waals surface area (Å²) in [5.74, 6) is 0.366. The van der Waals surface area contributed by atoms with Crippen molar-refractivity contribution in [2.75, 3.05) is 23.5 Å².